The molecule has 0 aromatic heterocycles. The number of aliphatic hydroxyl groups excluding tert-OH is 1. The summed E-state index contributed by atoms with van der Waals surface area (Å²) in [5.41, 5.74) is 0. The fourth-order valence-electron chi connectivity index (χ4n) is 0.833. The van der Waals surface area contributed by atoms with Gasteiger partial charge in [0.2, 0.25) is 0 Å². The van der Waals surface area contributed by atoms with Crippen LogP contribution in [0.15, 0.2) is 0 Å². The second-order valence-electron chi connectivity index (χ2n) is 3.53. The van der Waals surface area contributed by atoms with Gasteiger partial charge in [0.25, 0.3) is 0 Å². The Morgan fingerprint density at radius 3 is 2.71 bits per heavy atom. The van der Waals surface area contributed by atoms with Gasteiger partial charge in [-0.15, -0.1) is 0 Å². The van der Waals surface area contributed by atoms with Crippen LogP contribution in [0.5, 0.6) is 0 Å². The SMILES string of the molecule is C[C@@H](O)COC(=O)NCCCN(C)C. The third-order valence-corrected chi connectivity index (χ3v) is 1.51. The number of amides is 1. The first kappa shape index (κ1) is 13.2. The first-order valence-electron chi connectivity index (χ1n) is 4.75. The third-order valence-electron chi connectivity index (χ3n) is 1.51. The second kappa shape index (κ2) is 7.58. The molecule has 0 aliphatic carbocycles. The van der Waals surface area contributed by atoms with E-state index in [4.69, 9.17) is 9.84 Å². The van der Waals surface area contributed by atoms with Gasteiger partial charge in [-0.2, -0.15) is 0 Å². The van der Waals surface area contributed by atoms with E-state index in [1.54, 1.807) is 6.92 Å². The van der Waals surface area contributed by atoms with E-state index in [-0.39, 0.29) is 6.61 Å². The summed E-state index contributed by atoms with van der Waals surface area (Å²) in [5, 5.41) is 11.4. The van der Waals surface area contributed by atoms with Crippen molar-refractivity contribution in [2.24, 2.45) is 0 Å². The Morgan fingerprint density at radius 2 is 2.21 bits per heavy atom. The van der Waals surface area contributed by atoms with Gasteiger partial charge in [-0.3, -0.25) is 0 Å². The molecule has 0 aromatic rings. The molecule has 2 N–H and O–H groups in total. The van der Waals surface area contributed by atoms with Crippen molar-refractivity contribution >= 4 is 6.09 Å². The molecule has 14 heavy (non-hydrogen) atoms. The molecule has 0 aliphatic rings. The van der Waals surface area contributed by atoms with Crippen molar-refractivity contribution in [2.75, 3.05) is 33.8 Å². The van der Waals surface area contributed by atoms with Crippen molar-refractivity contribution < 1.29 is 14.6 Å². The number of aliphatic hydroxyl groups is 1. The Labute approximate surface area is 85.0 Å². The zero-order valence-corrected chi connectivity index (χ0v) is 9.12. The van der Waals surface area contributed by atoms with Crippen LogP contribution in [-0.4, -0.2) is 56.0 Å². The fourth-order valence-corrected chi connectivity index (χ4v) is 0.833. The van der Waals surface area contributed by atoms with E-state index in [2.05, 4.69) is 5.32 Å². The van der Waals surface area contributed by atoms with E-state index >= 15 is 0 Å². The number of carbonyl (C=O) groups is 1. The lowest BCUT2D eigenvalue weighted by Crippen LogP contribution is -2.29. The summed E-state index contributed by atoms with van der Waals surface area (Å²) < 4.78 is 4.70. The molecule has 0 saturated heterocycles. The number of carbonyl (C=O) groups excluding carboxylic acids is 1. The zero-order chi connectivity index (χ0) is 11.0. The van der Waals surface area contributed by atoms with Crippen LogP contribution in [0.4, 0.5) is 4.79 Å². The molecular formula is C9H20N2O3. The van der Waals surface area contributed by atoms with Crippen LogP contribution in [0, 0.1) is 0 Å². The summed E-state index contributed by atoms with van der Waals surface area (Å²) in [6.07, 6.45) is -0.191. The maximum absolute atomic E-state index is 10.9. The molecule has 0 unspecified atom stereocenters. The van der Waals surface area contributed by atoms with E-state index in [1.807, 2.05) is 19.0 Å². The van der Waals surface area contributed by atoms with Crippen LogP contribution in [0.3, 0.4) is 0 Å². The van der Waals surface area contributed by atoms with Crippen LogP contribution >= 0.6 is 0 Å². The number of nitrogens with one attached hydrogen (secondary N) is 1. The lowest BCUT2D eigenvalue weighted by Gasteiger charge is -2.10. The molecule has 1 atom stereocenters. The van der Waals surface area contributed by atoms with Crippen LogP contribution < -0.4 is 5.32 Å². The molecule has 5 heteroatoms. The van der Waals surface area contributed by atoms with E-state index in [0.29, 0.717) is 6.54 Å². The molecule has 5 nitrogen and oxygen atoms in total. The number of nitrogens with zero attached hydrogens (tertiary/aromatic N) is 1. The molecule has 0 fully saturated rings. The zero-order valence-electron chi connectivity index (χ0n) is 9.12. The van der Waals surface area contributed by atoms with Gasteiger partial charge in [-0.05, 0) is 34.0 Å². The molecule has 0 heterocycles. The molecule has 0 spiro atoms. The van der Waals surface area contributed by atoms with Gasteiger partial charge in [-0.1, -0.05) is 0 Å². The van der Waals surface area contributed by atoms with Gasteiger partial charge < -0.3 is 20.1 Å². The Balaban J connectivity index is 3.27. The van der Waals surface area contributed by atoms with Crippen molar-refractivity contribution in [3.63, 3.8) is 0 Å². The number of rotatable bonds is 6. The minimum atomic E-state index is -0.609. The molecular weight excluding hydrogens is 184 g/mol. The van der Waals surface area contributed by atoms with E-state index in [1.165, 1.54) is 0 Å². The summed E-state index contributed by atoms with van der Waals surface area (Å²) in [5.74, 6) is 0. The van der Waals surface area contributed by atoms with Crippen LogP contribution in [0.25, 0.3) is 0 Å². The summed E-state index contributed by atoms with van der Waals surface area (Å²) in [6.45, 7) is 3.13. The minimum absolute atomic E-state index is 0.0412. The minimum Gasteiger partial charge on any atom is -0.447 e. The molecule has 0 aliphatic heterocycles. The van der Waals surface area contributed by atoms with E-state index in [0.717, 1.165) is 13.0 Å². The molecule has 0 bridgehead atoms. The van der Waals surface area contributed by atoms with Gasteiger partial charge >= 0.3 is 6.09 Å². The van der Waals surface area contributed by atoms with Crippen LogP contribution in [-0.2, 0) is 4.74 Å². The lowest BCUT2D eigenvalue weighted by atomic mass is 10.4. The average Bonchev–Trinajstić information content (AvgIpc) is 2.08. The Morgan fingerprint density at radius 1 is 1.57 bits per heavy atom. The van der Waals surface area contributed by atoms with Gasteiger partial charge in [0.05, 0.1) is 6.10 Å². The second-order valence-corrected chi connectivity index (χ2v) is 3.53. The predicted octanol–water partition coefficient (Wildman–Crippen LogP) is 0.0451. The number of alkyl carbamates (subject to hydrolysis) is 1. The quantitative estimate of drug-likeness (QED) is 0.600. The highest BCUT2D eigenvalue weighted by atomic mass is 16.6. The van der Waals surface area contributed by atoms with Gasteiger partial charge in [0.15, 0.2) is 0 Å². The van der Waals surface area contributed by atoms with Crippen LogP contribution in [0.1, 0.15) is 13.3 Å². The van der Waals surface area contributed by atoms with Crippen molar-refractivity contribution in [1.82, 2.24) is 10.2 Å². The highest BCUT2D eigenvalue weighted by Crippen LogP contribution is 1.85. The normalized spacial score (nSPS) is 12.6. The lowest BCUT2D eigenvalue weighted by molar-refractivity contribution is 0.0780. The van der Waals surface area contributed by atoms with Crippen molar-refractivity contribution in [2.45, 2.75) is 19.4 Å². The summed E-state index contributed by atoms with van der Waals surface area (Å²) in [4.78, 5) is 13.0. The molecule has 0 saturated carbocycles. The van der Waals surface area contributed by atoms with Crippen molar-refractivity contribution in [3.05, 3.63) is 0 Å². The maximum Gasteiger partial charge on any atom is 0.407 e. The third kappa shape index (κ3) is 9.28. The Kier molecular flexibility index (Phi) is 7.14. The first-order chi connectivity index (χ1) is 6.52. The van der Waals surface area contributed by atoms with Gasteiger partial charge in [0, 0.05) is 6.54 Å². The Hall–Kier alpha value is -0.810. The topological polar surface area (TPSA) is 61.8 Å². The van der Waals surface area contributed by atoms with E-state index in [9.17, 15) is 4.79 Å². The highest BCUT2D eigenvalue weighted by molar-refractivity contribution is 5.67. The largest absolute Gasteiger partial charge is 0.447 e. The smallest absolute Gasteiger partial charge is 0.407 e. The van der Waals surface area contributed by atoms with Crippen LogP contribution in [0.2, 0.25) is 0 Å². The standard InChI is InChI=1S/C9H20N2O3/c1-8(12)7-14-9(13)10-5-4-6-11(2)3/h8,12H,4-7H2,1-3H3,(H,10,13)/t8-/m1/s1. The predicted molar refractivity (Wildman–Crippen MR) is 54.2 cm³/mol. The molecule has 84 valence electrons. The summed E-state index contributed by atoms with van der Waals surface area (Å²) in [7, 11) is 3.96. The highest BCUT2D eigenvalue weighted by Gasteiger charge is 2.03. The monoisotopic (exact) mass is 204 g/mol. The van der Waals surface area contributed by atoms with Gasteiger partial charge in [0.1, 0.15) is 6.61 Å². The maximum atomic E-state index is 10.9. The number of hydrogen-bond donors (Lipinski definition) is 2. The number of hydrogen-bond acceptors (Lipinski definition) is 4. The summed E-state index contributed by atoms with van der Waals surface area (Å²) >= 11 is 0. The van der Waals surface area contributed by atoms with Crippen molar-refractivity contribution in [3.8, 4) is 0 Å². The average molecular weight is 204 g/mol. The molecule has 0 radical (unpaired) electrons. The molecule has 1 amide bonds. The number of ether oxygens (including phenoxy) is 1. The Bertz CT molecular complexity index is 160. The van der Waals surface area contributed by atoms with E-state index < -0.39 is 12.2 Å². The molecule has 0 rings (SSSR count). The fraction of sp³-hybridized carbons (Fsp3) is 0.889. The first-order valence-corrected chi connectivity index (χ1v) is 4.75. The molecule has 0 aromatic carbocycles. The summed E-state index contributed by atoms with van der Waals surface area (Å²) in [6, 6.07) is 0. The van der Waals surface area contributed by atoms with Crippen molar-refractivity contribution in [1.29, 1.82) is 0 Å². The van der Waals surface area contributed by atoms with Gasteiger partial charge in [-0.25, -0.2) is 4.79 Å².